The number of hydrogen-bond donors (Lipinski definition) is 1. The quantitative estimate of drug-likeness (QED) is 0.921. The van der Waals surface area contributed by atoms with E-state index in [1.54, 1.807) is 18.0 Å². The number of hydrogen-bond acceptors (Lipinski definition) is 2. The van der Waals surface area contributed by atoms with Gasteiger partial charge in [-0.15, -0.1) is 0 Å². The van der Waals surface area contributed by atoms with Crippen LogP contribution >= 0.6 is 0 Å². The van der Waals surface area contributed by atoms with E-state index in [0.717, 1.165) is 12.1 Å². The summed E-state index contributed by atoms with van der Waals surface area (Å²) in [5, 5.41) is 0. The molecule has 2 aromatic rings. The van der Waals surface area contributed by atoms with Gasteiger partial charge < -0.3 is 10.6 Å². The van der Waals surface area contributed by atoms with Crippen LogP contribution in [0.4, 0.5) is 20.2 Å². The number of aryl methyl sites for hydroxylation is 1. The van der Waals surface area contributed by atoms with Gasteiger partial charge in [-0.05, 0) is 30.2 Å². The lowest BCUT2D eigenvalue weighted by Crippen LogP contribution is -2.13. The first kappa shape index (κ1) is 14.5. The highest BCUT2D eigenvalue weighted by Crippen LogP contribution is 2.29. The Morgan fingerprint density at radius 2 is 1.65 bits per heavy atom. The Hall–Kier alpha value is -1.94. The van der Waals surface area contributed by atoms with Gasteiger partial charge in [-0.3, -0.25) is 0 Å². The number of nitrogens with two attached hydrogens (primary N) is 1. The summed E-state index contributed by atoms with van der Waals surface area (Å²) in [6.45, 7) is 2.05. The second-order valence-electron chi connectivity index (χ2n) is 4.65. The molecule has 0 aliphatic rings. The van der Waals surface area contributed by atoms with E-state index in [1.165, 1.54) is 11.6 Å². The van der Waals surface area contributed by atoms with Crippen LogP contribution in [0.5, 0.6) is 0 Å². The van der Waals surface area contributed by atoms with Crippen molar-refractivity contribution in [2.75, 3.05) is 11.9 Å². The fraction of sp³-hybridized carbons (Fsp3) is 0.250. The molecule has 0 saturated heterocycles. The number of halogens is 2. The molecule has 0 bridgehead atoms. The third-order valence-electron chi connectivity index (χ3n) is 3.46. The van der Waals surface area contributed by atoms with Crippen LogP contribution in [-0.2, 0) is 13.0 Å². The lowest BCUT2D eigenvalue weighted by atomic mass is 10.1. The van der Waals surface area contributed by atoms with Crippen LogP contribution < -0.4 is 10.6 Å². The summed E-state index contributed by atoms with van der Waals surface area (Å²) >= 11 is 0. The Bertz CT molecular complexity index is 594. The molecule has 0 aliphatic carbocycles. The van der Waals surface area contributed by atoms with Gasteiger partial charge in [0, 0.05) is 24.8 Å². The molecule has 0 aromatic heterocycles. The fourth-order valence-corrected chi connectivity index (χ4v) is 2.09. The monoisotopic (exact) mass is 276 g/mol. The molecule has 0 atom stereocenters. The van der Waals surface area contributed by atoms with Crippen LogP contribution in [0.2, 0.25) is 0 Å². The summed E-state index contributed by atoms with van der Waals surface area (Å²) in [7, 11) is 1.71. The SMILES string of the molecule is CCc1ccc(N(C)c2ccc(CN)c(F)c2F)cc1. The molecular formula is C16H18F2N2. The molecule has 2 nitrogen and oxygen atoms in total. The summed E-state index contributed by atoms with van der Waals surface area (Å²) in [4.78, 5) is 1.62. The maximum Gasteiger partial charge on any atom is 0.182 e. The van der Waals surface area contributed by atoms with Crippen LogP contribution in [0, 0.1) is 11.6 Å². The molecule has 4 heteroatoms. The summed E-state index contributed by atoms with van der Waals surface area (Å²) in [5.41, 5.74) is 7.76. The van der Waals surface area contributed by atoms with Gasteiger partial charge in [-0.2, -0.15) is 0 Å². The van der Waals surface area contributed by atoms with Gasteiger partial charge in [0.1, 0.15) is 0 Å². The Kier molecular flexibility index (Phi) is 4.35. The molecule has 2 aromatic carbocycles. The maximum atomic E-state index is 14.1. The number of rotatable bonds is 4. The average molecular weight is 276 g/mol. The summed E-state index contributed by atoms with van der Waals surface area (Å²) in [5.74, 6) is -1.74. The molecular weight excluding hydrogens is 258 g/mol. The highest BCUT2D eigenvalue weighted by molar-refractivity contribution is 5.63. The Morgan fingerprint density at radius 1 is 1.00 bits per heavy atom. The highest BCUT2D eigenvalue weighted by atomic mass is 19.2. The molecule has 0 fully saturated rings. The second kappa shape index (κ2) is 6.01. The molecule has 0 amide bonds. The summed E-state index contributed by atoms with van der Waals surface area (Å²) < 4.78 is 27.8. The minimum absolute atomic E-state index is 0.0159. The Morgan fingerprint density at radius 3 is 2.20 bits per heavy atom. The summed E-state index contributed by atoms with van der Waals surface area (Å²) in [6.07, 6.45) is 0.943. The minimum atomic E-state index is -0.873. The van der Waals surface area contributed by atoms with Crippen molar-refractivity contribution in [3.63, 3.8) is 0 Å². The van der Waals surface area contributed by atoms with Gasteiger partial charge in [-0.1, -0.05) is 25.1 Å². The van der Waals surface area contributed by atoms with Crippen molar-refractivity contribution >= 4 is 11.4 Å². The van der Waals surface area contributed by atoms with Gasteiger partial charge in [0.05, 0.1) is 5.69 Å². The van der Waals surface area contributed by atoms with E-state index in [4.69, 9.17) is 5.73 Å². The van der Waals surface area contributed by atoms with Crippen molar-refractivity contribution in [2.24, 2.45) is 5.73 Å². The molecule has 106 valence electrons. The van der Waals surface area contributed by atoms with Crippen molar-refractivity contribution in [2.45, 2.75) is 19.9 Å². The van der Waals surface area contributed by atoms with E-state index in [1.807, 2.05) is 24.3 Å². The van der Waals surface area contributed by atoms with E-state index in [-0.39, 0.29) is 17.8 Å². The summed E-state index contributed by atoms with van der Waals surface area (Å²) in [6, 6.07) is 10.8. The van der Waals surface area contributed by atoms with Crippen LogP contribution in [0.25, 0.3) is 0 Å². The van der Waals surface area contributed by atoms with Gasteiger partial charge in [0.15, 0.2) is 11.6 Å². The number of anilines is 2. The normalized spacial score (nSPS) is 10.7. The van der Waals surface area contributed by atoms with E-state index in [0.29, 0.717) is 0 Å². The standard InChI is InChI=1S/C16H18F2N2/c1-3-11-4-7-13(8-5-11)20(2)14-9-6-12(10-19)15(17)16(14)18/h4-9H,3,10,19H2,1-2H3. The molecule has 2 rings (SSSR count). The zero-order chi connectivity index (χ0) is 14.7. The molecule has 20 heavy (non-hydrogen) atoms. The third kappa shape index (κ3) is 2.65. The smallest absolute Gasteiger partial charge is 0.182 e. The fourth-order valence-electron chi connectivity index (χ4n) is 2.09. The molecule has 0 spiro atoms. The lowest BCUT2D eigenvalue weighted by Gasteiger charge is -2.21. The van der Waals surface area contributed by atoms with Crippen molar-refractivity contribution in [1.82, 2.24) is 0 Å². The van der Waals surface area contributed by atoms with Gasteiger partial charge in [0.25, 0.3) is 0 Å². The predicted octanol–water partition coefficient (Wildman–Crippen LogP) is 3.75. The molecule has 0 heterocycles. The predicted molar refractivity (Wildman–Crippen MR) is 78.1 cm³/mol. The topological polar surface area (TPSA) is 29.3 Å². The van der Waals surface area contributed by atoms with Crippen LogP contribution in [-0.4, -0.2) is 7.05 Å². The first-order valence-corrected chi connectivity index (χ1v) is 6.58. The zero-order valence-corrected chi connectivity index (χ0v) is 11.7. The third-order valence-corrected chi connectivity index (χ3v) is 3.46. The molecule has 2 N–H and O–H groups in total. The molecule has 0 radical (unpaired) electrons. The van der Waals surface area contributed by atoms with Crippen molar-refractivity contribution in [3.05, 3.63) is 59.2 Å². The van der Waals surface area contributed by atoms with E-state index in [2.05, 4.69) is 6.92 Å². The van der Waals surface area contributed by atoms with Crippen molar-refractivity contribution < 1.29 is 8.78 Å². The second-order valence-corrected chi connectivity index (χ2v) is 4.65. The van der Waals surface area contributed by atoms with Gasteiger partial charge in [0.2, 0.25) is 0 Å². The first-order chi connectivity index (χ1) is 9.58. The average Bonchev–Trinajstić information content (AvgIpc) is 2.49. The number of benzene rings is 2. The highest BCUT2D eigenvalue weighted by Gasteiger charge is 2.16. The van der Waals surface area contributed by atoms with Gasteiger partial charge >= 0.3 is 0 Å². The lowest BCUT2D eigenvalue weighted by molar-refractivity contribution is 0.500. The van der Waals surface area contributed by atoms with E-state index in [9.17, 15) is 8.78 Å². The maximum absolute atomic E-state index is 14.1. The van der Waals surface area contributed by atoms with Crippen molar-refractivity contribution in [1.29, 1.82) is 0 Å². The molecule has 0 aliphatic heterocycles. The van der Waals surface area contributed by atoms with Crippen LogP contribution in [0.15, 0.2) is 36.4 Å². The first-order valence-electron chi connectivity index (χ1n) is 6.58. The van der Waals surface area contributed by atoms with Crippen LogP contribution in [0.1, 0.15) is 18.1 Å². The minimum Gasteiger partial charge on any atom is -0.342 e. The molecule has 0 saturated carbocycles. The van der Waals surface area contributed by atoms with Crippen LogP contribution in [0.3, 0.4) is 0 Å². The Labute approximate surface area is 117 Å². The van der Waals surface area contributed by atoms with Gasteiger partial charge in [-0.25, -0.2) is 8.78 Å². The Balaban J connectivity index is 2.37. The molecule has 0 unspecified atom stereocenters. The number of nitrogens with zero attached hydrogens (tertiary/aromatic N) is 1. The van der Waals surface area contributed by atoms with E-state index < -0.39 is 11.6 Å². The zero-order valence-electron chi connectivity index (χ0n) is 11.7. The van der Waals surface area contributed by atoms with Crippen molar-refractivity contribution in [3.8, 4) is 0 Å². The van der Waals surface area contributed by atoms with E-state index >= 15 is 0 Å². The largest absolute Gasteiger partial charge is 0.342 e.